The van der Waals surface area contributed by atoms with Gasteiger partial charge in [-0.05, 0) is 18.9 Å². The summed E-state index contributed by atoms with van der Waals surface area (Å²) in [6.07, 6.45) is 0.960. The summed E-state index contributed by atoms with van der Waals surface area (Å²) >= 11 is 0. The first-order valence-electron chi connectivity index (χ1n) is 6.97. The quantitative estimate of drug-likeness (QED) is 0.854. The Morgan fingerprint density at radius 3 is 2.85 bits per heavy atom. The standard InChI is InChI=1S/C15H21N3O2/c1-11-15(20)17-9-10-18(11)14(19)8-7-13(16)12-5-3-2-4-6-12/h2-6,11,13H,7-10,16H2,1H3,(H,17,20). The highest BCUT2D eigenvalue weighted by Gasteiger charge is 2.28. The van der Waals surface area contributed by atoms with Gasteiger partial charge in [0.1, 0.15) is 6.04 Å². The van der Waals surface area contributed by atoms with Crippen molar-refractivity contribution in [2.45, 2.75) is 31.8 Å². The van der Waals surface area contributed by atoms with Gasteiger partial charge in [-0.15, -0.1) is 0 Å². The Morgan fingerprint density at radius 2 is 2.15 bits per heavy atom. The molecule has 108 valence electrons. The SMILES string of the molecule is CC1C(=O)NCCN1C(=O)CCC(N)c1ccccc1. The fraction of sp³-hybridized carbons (Fsp3) is 0.467. The van der Waals surface area contributed by atoms with E-state index in [-0.39, 0.29) is 23.9 Å². The molecule has 1 saturated heterocycles. The first kappa shape index (κ1) is 14.5. The average Bonchev–Trinajstić information content (AvgIpc) is 2.48. The highest BCUT2D eigenvalue weighted by Crippen LogP contribution is 2.17. The Balaban J connectivity index is 1.87. The zero-order valence-electron chi connectivity index (χ0n) is 11.7. The number of piperazine rings is 1. The second-order valence-electron chi connectivity index (χ2n) is 5.11. The molecule has 0 bridgehead atoms. The number of rotatable bonds is 4. The summed E-state index contributed by atoms with van der Waals surface area (Å²) in [5.41, 5.74) is 7.12. The number of nitrogens with one attached hydrogen (secondary N) is 1. The molecule has 2 atom stereocenters. The number of amides is 2. The smallest absolute Gasteiger partial charge is 0.242 e. The zero-order chi connectivity index (χ0) is 14.5. The van der Waals surface area contributed by atoms with Crippen molar-refractivity contribution in [3.05, 3.63) is 35.9 Å². The number of benzene rings is 1. The summed E-state index contributed by atoms with van der Waals surface area (Å²) < 4.78 is 0. The maximum Gasteiger partial charge on any atom is 0.242 e. The van der Waals surface area contributed by atoms with Gasteiger partial charge in [-0.25, -0.2) is 0 Å². The van der Waals surface area contributed by atoms with Crippen LogP contribution in [0.25, 0.3) is 0 Å². The molecule has 0 spiro atoms. The van der Waals surface area contributed by atoms with E-state index in [1.54, 1.807) is 11.8 Å². The molecule has 1 fully saturated rings. The van der Waals surface area contributed by atoms with Gasteiger partial charge in [0.05, 0.1) is 0 Å². The number of carbonyl (C=O) groups is 2. The van der Waals surface area contributed by atoms with Crippen LogP contribution in [0.2, 0.25) is 0 Å². The molecular weight excluding hydrogens is 254 g/mol. The fourth-order valence-corrected chi connectivity index (χ4v) is 2.41. The normalized spacial score (nSPS) is 20.4. The highest BCUT2D eigenvalue weighted by molar-refractivity contribution is 5.88. The van der Waals surface area contributed by atoms with Crippen LogP contribution in [-0.4, -0.2) is 35.8 Å². The molecule has 0 radical (unpaired) electrons. The molecule has 2 unspecified atom stereocenters. The third-order valence-electron chi connectivity index (χ3n) is 3.72. The molecule has 5 heteroatoms. The topological polar surface area (TPSA) is 75.4 Å². The van der Waals surface area contributed by atoms with E-state index in [1.165, 1.54) is 0 Å². The molecule has 1 aliphatic heterocycles. The molecule has 1 aliphatic rings. The number of carbonyl (C=O) groups excluding carboxylic acids is 2. The lowest BCUT2D eigenvalue weighted by atomic mass is 10.0. The van der Waals surface area contributed by atoms with Gasteiger partial charge >= 0.3 is 0 Å². The maximum absolute atomic E-state index is 12.2. The Morgan fingerprint density at radius 1 is 1.45 bits per heavy atom. The predicted molar refractivity (Wildman–Crippen MR) is 76.8 cm³/mol. The molecular formula is C15H21N3O2. The van der Waals surface area contributed by atoms with Crippen molar-refractivity contribution in [1.82, 2.24) is 10.2 Å². The van der Waals surface area contributed by atoms with Gasteiger partial charge in [0.15, 0.2) is 0 Å². The Bertz CT molecular complexity index is 475. The Labute approximate surface area is 119 Å². The summed E-state index contributed by atoms with van der Waals surface area (Å²) in [5, 5.41) is 2.75. The molecule has 1 aromatic carbocycles. The number of nitrogens with two attached hydrogens (primary N) is 1. The third-order valence-corrected chi connectivity index (χ3v) is 3.72. The second-order valence-corrected chi connectivity index (χ2v) is 5.11. The fourth-order valence-electron chi connectivity index (χ4n) is 2.41. The van der Waals surface area contributed by atoms with Crippen LogP contribution >= 0.6 is 0 Å². The minimum Gasteiger partial charge on any atom is -0.353 e. The zero-order valence-corrected chi connectivity index (χ0v) is 11.7. The van der Waals surface area contributed by atoms with Crippen LogP contribution in [0.4, 0.5) is 0 Å². The van der Waals surface area contributed by atoms with Gasteiger partial charge in [0, 0.05) is 25.6 Å². The van der Waals surface area contributed by atoms with E-state index < -0.39 is 0 Å². The van der Waals surface area contributed by atoms with Crippen LogP contribution in [-0.2, 0) is 9.59 Å². The van der Waals surface area contributed by atoms with Crippen molar-refractivity contribution in [3.63, 3.8) is 0 Å². The van der Waals surface area contributed by atoms with Crippen molar-refractivity contribution >= 4 is 11.8 Å². The molecule has 2 rings (SSSR count). The van der Waals surface area contributed by atoms with E-state index in [4.69, 9.17) is 5.73 Å². The van der Waals surface area contributed by atoms with Crippen molar-refractivity contribution in [2.24, 2.45) is 5.73 Å². The maximum atomic E-state index is 12.2. The van der Waals surface area contributed by atoms with E-state index in [9.17, 15) is 9.59 Å². The highest BCUT2D eigenvalue weighted by atomic mass is 16.2. The van der Waals surface area contributed by atoms with E-state index in [1.807, 2.05) is 30.3 Å². The molecule has 0 aliphatic carbocycles. The van der Waals surface area contributed by atoms with Crippen LogP contribution in [0.3, 0.4) is 0 Å². The van der Waals surface area contributed by atoms with Crippen molar-refractivity contribution in [1.29, 1.82) is 0 Å². The van der Waals surface area contributed by atoms with E-state index in [0.29, 0.717) is 25.9 Å². The average molecular weight is 275 g/mol. The van der Waals surface area contributed by atoms with Crippen molar-refractivity contribution in [2.75, 3.05) is 13.1 Å². The lowest BCUT2D eigenvalue weighted by Gasteiger charge is -2.33. The predicted octanol–water partition coefficient (Wildman–Crippen LogP) is 0.814. The number of nitrogens with zero attached hydrogens (tertiary/aromatic N) is 1. The molecule has 3 N–H and O–H groups in total. The van der Waals surface area contributed by atoms with Gasteiger partial charge in [0.25, 0.3) is 0 Å². The van der Waals surface area contributed by atoms with Gasteiger partial charge in [-0.1, -0.05) is 30.3 Å². The van der Waals surface area contributed by atoms with E-state index in [0.717, 1.165) is 5.56 Å². The lowest BCUT2D eigenvalue weighted by Crippen LogP contribution is -2.55. The van der Waals surface area contributed by atoms with E-state index >= 15 is 0 Å². The molecule has 0 saturated carbocycles. The summed E-state index contributed by atoms with van der Waals surface area (Å²) in [7, 11) is 0. The second kappa shape index (κ2) is 6.52. The summed E-state index contributed by atoms with van der Waals surface area (Å²) in [6, 6.07) is 9.22. The van der Waals surface area contributed by atoms with Crippen LogP contribution in [0.15, 0.2) is 30.3 Å². The lowest BCUT2D eigenvalue weighted by molar-refractivity contribution is -0.142. The van der Waals surface area contributed by atoms with Gasteiger partial charge in [0.2, 0.25) is 11.8 Å². The monoisotopic (exact) mass is 275 g/mol. The van der Waals surface area contributed by atoms with E-state index in [2.05, 4.69) is 5.32 Å². The van der Waals surface area contributed by atoms with Crippen molar-refractivity contribution in [3.8, 4) is 0 Å². The minimum atomic E-state index is -0.385. The van der Waals surface area contributed by atoms with Gasteiger partial charge < -0.3 is 16.0 Å². The Kier molecular flexibility index (Phi) is 4.74. The Hall–Kier alpha value is -1.88. The molecule has 5 nitrogen and oxygen atoms in total. The van der Waals surface area contributed by atoms with Gasteiger partial charge in [-0.3, -0.25) is 9.59 Å². The summed E-state index contributed by atoms with van der Waals surface area (Å²) in [4.78, 5) is 25.4. The molecule has 0 aromatic heterocycles. The van der Waals surface area contributed by atoms with Crippen LogP contribution in [0.1, 0.15) is 31.4 Å². The summed E-state index contributed by atoms with van der Waals surface area (Å²) in [6.45, 7) is 2.86. The van der Waals surface area contributed by atoms with Crippen LogP contribution < -0.4 is 11.1 Å². The van der Waals surface area contributed by atoms with Crippen LogP contribution in [0.5, 0.6) is 0 Å². The van der Waals surface area contributed by atoms with Gasteiger partial charge in [-0.2, -0.15) is 0 Å². The number of hydrogen-bond donors (Lipinski definition) is 2. The molecule has 2 amide bonds. The summed E-state index contributed by atoms with van der Waals surface area (Å²) in [5.74, 6) is -0.0873. The number of hydrogen-bond acceptors (Lipinski definition) is 3. The molecule has 20 heavy (non-hydrogen) atoms. The largest absolute Gasteiger partial charge is 0.353 e. The van der Waals surface area contributed by atoms with Crippen LogP contribution in [0, 0.1) is 0 Å². The third kappa shape index (κ3) is 3.36. The first-order chi connectivity index (χ1) is 9.59. The molecule has 1 aromatic rings. The van der Waals surface area contributed by atoms with Crippen molar-refractivity contribution < 1.29 is 9.59 Å². The minimum absolute atomic E-state index is 0.00117. The molecule has 1 heterocycles. The first-order valence-corrected chi connectivity index (χ1v) is 6.97.